The summed E-state index contributed by atoms with van der Waals surface area (Å²) in [6, 6.07) is 7.88. The highest BCUT2D eigenvalue weighted by Crippen LogP contribution is 2.31. The summed E-state index contributed by atoms with van der Waals surface area (Å²) in [5.41, 5.74) is 1.13. The number of nitrogens with zero attached hydrogens (tertiary/aromatic N) is 1. The van der Waals surface area contributed by atoms with Gasteiger partial charge in [0.1, 0.15) is 5.75 Å². The highest BCUT2D eigenvalue weighted by atomic mass is 79.9. The number of halogens is 1. The van der Waals surface area contributed by atoms with Crippen molar-refractivity contribution in [3.05, 3.63) is 28.2 Å². The molecule has 0 saturated carbocycles. The monoisotopic (exact) mass is 295 g/mol. The van der Waals surface area contributed by atoms with Gasteiger partial charge in [-0.25, -0.2) is 0 Å². The summed E-state index contributed by atoms with van der Waals surface area (Å²) in [7, 11) is 0. The van der Waals surface area contributed by atoms with Gasteiger partial charge in [0.15, 0.2) is 0 Å². The molecule has 1 aromatic carbocycles. The highest BCUT2D eigenvalue weighted by Gasteiger charge is 2.34. The Labute approximate surface area is 109 Å². The predicted octanol–water partition coefficient (Wildman–Crippen LogP) is 2.93. The third-order valence-electron chi connectivity index (χ3n) is 2.76. The maximum absolute atomic E-state index is 8.62. The maximum atomic E-state index is 8.62. The van der Waals surface area contributed by atoms with Gasteiger partial charge in [0.2, 0.25) is 0 Å². The molecule has 4 heteroatoms. The Morgan fingerprint density at radius 2 is 2.29 bits per heavy atom. The van der Waals surface area contributed by atoms with Crippen LogP contribution in [-0.2, 0) is 11.2 Å². The van der Waals surface area contributed by atoms with Crippen LogP contribution in [0.5, 0.6) is 5.75 Å². The van der Waals surface area contributed by atoms with Crippen LogP contribution in [-0.4, -0.2) is 19.8 Å². The average molecular weight is 296 g/mol. The largest absolute Gasteiger partial charge is 0.492 e. The fraction of sp³-hybridized carbons (Fsp3) is 0.462. The van der Waals surface area contributed by atoms with Crippen molar-refractivity contribution in [1.29, 1.82) is 5.26 Å². The van der Waals surface area contributed by atoms with Crippen molar-refractivity contribution in [3.8, 4) is 11.8 Å². The molecule has 0 aliphatic carbocycles. The Hall–Kier alpha value is -1.05. The predicted molar refractivity (Wildman–Crippen MR) is 67.9 cm³/mol. The average Bonchev–Trinajstić information content (AvgIpc) is 2.26. The number of hydrogen-bond acceptors (Lipinski definition) is 3. The first-order chi connectivity index (χ1) is 8.13. The number of benzene rings is 1. The van der Waals surface area contributed by atoms with E-state index in [1.807, 2.05) is 18.2 Å². The van der Waals surface area contributed by atoms with E-state index in [4.69, 9.17) is 14.7 Å². The van der Waals surface area contributed by atoms with Gasteiger partial charge in [-0.15, -0.1) is 0 Å². The Bertz CT molecular complexity index is 449. The molecule has 2 rings (SSSR count). The van der Waals surface area contributed by atoms with Gasteiger partial charge in [-0.05, 0) is 33.6 Å². The van der Waals surface area contributed by atoms with Crippen molar-refractivity contribution in [2.45, 2.75) is 13.3 Å². The summed E-state index contributed by atoms with van der Waals surface area (Å²) >= 11 is 3.46. The lowest BCUT2D eigenvalue weighted by Crippen LogP contribution is -2.44. The molecule has 1 saturated heterocycles. The lowest BCUT2D eigenvalue weighted by Gasteiger charge is -2.37. The lowest BCUT2D eigenvalue weighted by atomic mass is 9.90. The summed E-state index contributed by atoms with van der Waals surface area (Å²) in [6.45, 7) is 4.33. The number of hydrogen-bond donors (Lipinski definition) is 0. The topological polar surface area (TPSA) is 42.2 Å². The summed E-state index contributed by atoms with van der Waals surface area (Å²) in [4.78, 5) is 0. The van der Waals surface area contributed by atoms with Crippen molar-refractivity contribution in [2.75, 3.05) is 19.8 Å². The van der Waals surface area contributed by atoms with E-state index in [9.17, 15) is 0 Å². The zero-order valence-corrected chi connectivity index (χ0v) is 11.3. The Balaban J connectivity index is 1.99. The van der Waals surface area contributed by atoms with E-state index in [-0.39, 0.29) is 5.41 Å². The van der Waals surface area contributed by atoms with Gasteiger partial charge in [0.05, 0.1) is 36.8 Å². The van der Waals surface area contributed by atoms with E-state index in [0.29, 0.717) is 13.0 Å². The van der Waals surface area contributed by atoms with E-state index in [2.05, 4.69) is 28.9 Å². The van der Waals surface area contributed by atoms with Crippen molar-refractivity contribution >= 4 is 15.9 Å². The van der Waals surface area contributed by atoms with Crippen LogP contribution in [0.1, 0.15) is 12.5 Å². The summed E-state index contributed by atoms with van der Waals surface area (Å²) in [6.07, 6.45) is 0.421. The molecule has 1 heterocycles. The molecule has 17 heavy (non-hydrogen) atoms. The zero-order valence-electron chi connectivity index (χ0n) is 9.70. The van der Waals surface area contributed by atoms with Gasteiger partial charge in [-0.1, -0.05) is 13.0 Å². The minimum absolute atomic E-state index is 0.144. The van der Waals surface area contributed by atoms with Crippen LogP contribution in [0.15, 0.2) is 22.7 Å². The van der Waals surface area contributed by atoms with Crippen molar-refractivity contribution < 1.29 is 9.47 Å². The Morgan fingerprint density at radius 3 is 2.82 bits per heavy atom. The lowest BCUT2D eigenvalue weighted by molar-refractivity contribution is -0.120. The molecule has 3 nitrogen and oxygen atoms in total. The van der Waals surface area contributed by atoms with Crippen LogP contribution < -0.4 is 4.74 Å². The molecular weight excluding hydrogens is 282 g/mol. The molecule has 1 aromatic rings. The standard InChI is InChI=1S/C13H14BrNO2/c1-13(7-16-8-13)9-17-12-3-2-10(4-5-15)6-11(12)14/h2-3,6H,4,7-9H2,1H3. The molecule has 0 spiro atoms. The molecule has 0 bridgehead atoms. The van der Waals surface area contributed by atoms with Gasteiger partial charge < -0.3 is 9.47 Å². The van der Waals surface area contributed by atoms with Crippen LogP contribution >= 0.6 is 15.9 Å². The van der Waals surface area contributed by atoms with Crippen molar-refractivity contribution in [1.82, 2.24) is 0 Å². The molecule has 0 amide bonds. The first-order valence-corrected chi connectivity index (χ1v) is 6.28. The molecule has 0 radical (unpaired) electrons. The van der Waals surface area contributed by atoms with E-state index in [0.717, 1.165) is 29.0 Å². The van der Waals surface area contributed by atoms with Crippen LogP contribution in [0.2, 0.25) is 0 Å². The van der Waals surface area contributed by atoms with Gasteiger partial charge in [0.25, 0.3) is 0 Å². The summed E-state index contributed by atoms with van der Waals surface area (Å²) in [5.74, 6) is 0.819. The fourth-order valence-corrected chi connectivity index (χ4v) is 2.19. The fourth-order valence-electron chi connectivity index (χ4n) is 1.65. The van der Waals surface area contributed by atoms with Crippen LogP contribution in [0, 0.1) is 16.7 Å². The molecule has 1 aliphatic rings. The maximum Gasteiger partial charge on any atom is 0.133 e. The third kappa shape index (κ3) is 2.99. The minimum atomic E-state index is 0.144. The number of rotatable bonds is 4. The normalized spacial score (nSPS) is 17.0. The van der Waals surface area contributed by atoms with Gasteiger partial charge in [0, 0.05) is 5.41 Å². The SMILES string of the molecule is CC1(COc2ccc(CC#N)cc2Br)COC1. The Kier molecular flexibility index (Phi) is 3.70. The quantitative estimate of drug-likeness (QED) is 0.858. The van der Waals surface area contributed by atoms with Gasteiger partial charge >= 0.3 is 0 Å². The smallest absolute Gasteiger partial charge is 0.133 e. The highest BCUT2D eigenvalue weighted by molar-refractivity contribution is 9.10. The van der Waals surface area contributed by atoms with E-state index in [1.165, 1.54) is 0 Å². The van der Waals surface area contributed by atoms with E-state index >= 15 is 0 Å². The van der Waals surface area contributed by atoms with E-state index < -0.39 is 0 Å². The molecule has 0 unspecified atom stereocenters. The first kappa shape index (κ1) is 12.4. The molecule has 0 atom stereocenters. The van der Waals surface area contributed by atoms with Crippen LogP contribution in [0.3, 0.4) is 0 Å². The minimum Gasteiger partial charge on any atom is -0.492 e. The van der Waals surface area contributed by atoms with Gasteiger partial charge in [-0.3, -0.25) is 0 Å². The number of nitriles is 1. The first-order valence-electron chi connectivity index (χ1n) is 5.49. The molecule has 1 aliphatic heterocycles. The van der Waals surface area contributed by atoms with Crippen molar-refractivity contribution in [3.63, 3.8) is 0 Å². The second-order valence-corrected chi connectivity index (χ2v) is 5.55. The van der Waals surface area contributed by atoms with Crippen LogP contribution in [0.25, 0.3) is 0 Å². The molecule has 90 valence electrons. The summed E-state index contributed by atoms with van der Waals surface area (Å²) < 4.78 is 11.8. The molecular formula is C13H14BrNO2. The summed E-state index contributed by atoms with van der Waals surface area (Å²) in [5, 5.41) is 8.62. The Morgan fingerprint density at radius 1 is 1.53 bits per heavy atom. The van der Waals surface area contributed by atoms with E-state index in [1.54, 1.807) is 0 Å². The van der Waals surface area contributed by atoms with Gasteiger partial charge in [-0.2, -0.15) is 5.26 Å². The van der Waals surface area contributed by atoms with Crippen molar-refractivity contribution in [2.24, 2.45) is 5.41 Å². The molecule has 1 fully saturated rings. The molecule has 0 aromatic heterocycles. The zero-order chi connectivity index (χ0) is 12.3. The second-order valence-electron chi connectivity index (χ2n) is 4.69. The number of ether oxygens (including phenoxy) is 2. The van der Waals surface area contributed by atoms with Crippen LogP contribution in [0.4, 0.5) is 0 Å². The molecule has 0 N–H and O–H groups in total. The third-order valence-corrected chi connectivity index (χ3v) is 3.38. The second kappa shape index (κ2) is 5.07.